The van der Waals surface area contributed by atoms with Gasteiger partial charge in [0, 0.05) is 13.7 Å². The molecule has 1 N–H and O–H groups in total. The fourth-order valence-electron chi connectivity index (χ4n) is 1.53. The van der Waals surface area contributed by atoms with E-state index in [1.807, 2.05) is 0 Å². The predicted octanol–water partition coefficient (Wildman–Crippen LogP) is 3.24. The van der Waals surface area contributed by atoms with Crippen LogP contribution in [0.15, 0.2) is 18.2 Å². The Hall–Kier alpha value is -0.980. The second-order valence-electron chi connectivity index (χ2n) is 2.98. The molecule has 68 valence electrons. The van der Waals surface area contributed by atoms with Crippen LogP contribution in [0, 0.1) is 6.92 Å². The molecule has 0 aliphatic carbocycles. The van der Waals surface area contributed by atoms with Gasteiger partial charge in [-0.2, -0.15) is 0 Å². The monoisotopic (exact) mass is 165 g/mol. The summed E-state index contributed by atoms with van der Waals surface area (Å²) in [6.45, 7) is 7.49. The summed E-state index contributed by atoms with van der Waals surface area (Å²) in [7, 11) is 0. The van der Waals surface area contributed by atoms with Gasteiger partial charge in [-0.1, -0.05) is 19.1 Å². The first-order valence-corrected chi connectivity index (χ1v) is 4.62. The lowest BCUT2D eigenvalue weighted by molar-refractivity contribution is 1.09. The highest BCUT2D eigenvalue weighted by Crippen LogP contribution is 2.19. The summed E-state index contributed by atoms with van der Waals surface area (Å²) >= 11 is 0. The molecule has 1 aromatic carbocycles. The molecule has 0 spiro atoms. The molecule has 0 aliphatic rings. The normalized spacial score (nSPS) is 9.92. The van der Waals surface area contributed by atoms with E-state index < -0.39 is 0 Å². The molecule has 0 heterocycles. The highest BCUT2D eigenvalue weighted by Gasteiger charge is 2.00. The number of hydrogen-bond donors (Lipinski definition) is 1. The van der Waals surface area contributed by atoms with Crippen molar-refractivity contribution in [1.82, 2.24) is 0 Å². The van der Waals surface area contributed by atoms with Crippen molar-refractivity contribution in [3.63, 3.8) is 0 Å². The molecule has 0 atom stereocenters. The number of hydrogen-bond acceptors (Lipinski definition) is 1. The van der Waals surface area contributed by atoms with E-state index in [0.717, 1.165) is 13.0 Å². The Morgan fingerprint density at radius 2 is 2.08 bits per heavy atom. The number of benzene rings is 1. The van der Waals surface area contributed by atoms with Crippen molar-refractivity contribution in [3.8, 4) is 0 Å². The van der Waals surface area contributed by atoms with E-state index in [1.165, 1.54) is 16.8 Å². The Kier molecular flexibility index (Phi) is 3.15. The fourth-order valence-corrected chi connectivity index (χ4v) is 1.53. The topological polar surface area (TPSA) is 12.0 Å². The quantitative estimate of drug-likeness (QED) is 0.725. The summed E-state index contributed by atoms with van der Waals surface area (Å²) in [4.78, 5) is 0. The number of rotatable bonds is 3. The first kappa shape index (κ1) is 9.11. The van der Waals surface area contributed by atoms with E-state index in [-0.39, 0.29) is 1.43 Å². The Morgan fingerprint density at radius 3 is 2.67 bits per heavy atom. The van der Waals surface area contributed by atoms with E-state index in [1.54, 1.807) is 0 Å². The van der Waals surface area contributed by atoms with E-state index in [2.05, 4.69) is 44.3 Å². The van der Waals surface area contributed by atoms with Gasteiger partial charge in [0.05, 0.1) is 0 Å². The van der Waals surface area contributed by atoms with E-state index in [0.29, 0.717) is 0 Å². The van der Waals surface area contributed by atoms with Crippen molar-refractivity contribution in [2.24, 2.45) is 0 Å². The molecule has 0 saturated heterocycles. The molecule has 0 aromatic heterocycles. The zero-order valence-corrected chi connectivity index (χ0v) is 8.15. The maximum atomic E-state index is 3.37. The van der Waals surface area contributed by atoms with Crippen LogP contribution in [0.3, 0.4) is 0 Å². The maximum absolute atomic E-state index is 3.37. The molecule has 0 amide bonds. The summed E-state index contributed by atoms with van der Waals surface area (Å²) in [5, 5.41) is 3.37. The number of anilines is 1. The van der Waals surface area contributed by atoms with Crippen LogP contribution < -0.4 is 5.32 Å². The maximum Gasteiger partial charge on any atom is 0.0375 e. The first-order valence-electron chi connectivity index (χ1n) is 4.62. The fraction of sp³-hybridized carbons (Fsp3) is 0.455. The third-order valence-corrected chi connectivity index (χ3v) is 2.13. The smallest absolute Gasteiger partial charge is 0.0375 e. The molecule has 0 bridgehead atoms. The van der Waals surface area contributed by atoms with Gasteiger partial charge in [-0.3, -0.25) is 0 Å². The lowest BCUT2D eigenvalue weighted by atomic mass is 10.0. The molecule has 12 heavy (non-hydrogen) atoms. The minimum absolute atomic E-state index is 0. The van der Waals surface area contributed by atoms with Crippen LogP contribution in [0.25, 0.3) is 0 Å². The highest BCUT2D eigenvalue weighted by atomic mass is 14.9. The lowest BCUT2D eigenvalue weighted by Gasteiger charge is -2.11. The SMILES string of the molecule is CCNc1cccc(C)c1CC.[HH]. The van der Waals surface area contributed by atoms with Crippen molar-refractivity contribution in [3.05, 3.63) is 29.3 Å². The second kappa shape index (κ2) is 4.15. The van der Waals surface area contributed by atoms with Gasteiger partial charge in [0.25, 0.3) is 0 Å². The van der Waals surface area contributed by atoms with Gasteiger partial charge < -0.3 is 5.32 Å². The van der Waals surface area contributed by atoms with Gasteiger partial charge in [-0.25, -0.2) is 0 Å². The summed E-state index contributed by atoms with van der Waals surface area (Å²) < 4.78 is 0. The Bertz CT molecular complexity index is 258. The molecule has 0 unspecified atom stereocenters. The molecule has 0 aliphatic heterocycles. The molecule has 0 radical (unpaired) electrons. The predicted molar refractivity (Wildman–Crippen MR) is 56.8 cm³/mol. The summed E-state index contributed by atoms with van der Waals surface area (Å²) in [5.41, 5.74) is 4.12. The average molecular weight is 165 g/mol. The minimum atomic E-state index is 0. The van der Waals surface area contributed by atoms with Gasteiger partial charge in [0.2, 0.25) is 0 Å². The zero-order chi connectivity index (χ0) is 8.97. The van der Waals surface area contributed by atoms with Crippen molar-refractivity contribution in [1.29, 1.82) is 0 Å². The van der Waals surface area contributed by atoms with Gasteiger partial charge in [-0.05, 0) is 37.5 Å². The number of nitrogens with one attached hydrogen (secondary N) is 1. The zero-order valence-electron chi connectivity index (χ0n) is 8.15. The van der Waals surface area contributed by atoms with Crippen LogP contribution in [0.5, 0.6) is 0 Å². The Balaban J connectivity index is 0.00000144. The Morgan fingerprint density at radius 1 is 1.33 bits per heavy atom. The number of aryl methyl sites for hydroxylation is 1. The second-order valence-corrected chi connectivity index (χ2v) is 2.98. The highest BCUT2D eigenvalue weighted by molar-refractivity contribution is 5.54. The van der Waals surface area contributed by atoms with E-state index in [4.69, 9.17) is 0 Å². The third-order valence-electron chi connectivity index (χ3n) is 2.13. The van der Waals surface area contributed by atoms with Crippen LogP contribution in [-0.4, -0.2) is 6.54 Å². The molecule has 1 heteroatoms. The molecule has 1 rings (SSSR count). The van der Waals surface area contributed by atoms with E-state index in [9.17, 15) is 0 Å². The van der Waals surface area contributed by atoms with Crippen molar-refractivity contribution in [2.45, 2.75) is 27.2 Å². The van der Waals surface area contributed by atoms with Gasteiger partial charge in [-0.15, -0.1) is 0 Å². The minimum Gasteiger partial charge on any atom is -0.385 e. The summed E-state index contributed by atoms with van der Waals surface area (Å²) in [6.07, 6.45) is 1.11. The molecule has 0 fully saturated rings. The summed E-state index contributed by atoms with van der Waals surface area (Å²) in [5.74, 6) is 0. The third kappa shape index (κ3) is 1.79. The Labute approximate surface area is 76.3 Å². The van der Waals surface area contributed by atoms with E-state index >= 15 is 0 Å². The van der Waals surface area contributed by atoms with Crippen LogP contribution in [0.2, 0.25) is 0 Å². The summed E-state index contributed by atoms with van der Waals surface area (Å²) in [6, 6.07) is 6.42. The van der Waals surface area contributed by atoms with Crippen LogP contribution in [-0.2, 0) is 6.42 Å². The largest absolute Gasteiger partial charge is 0.385 e. The van der Waals surface area contributed by atoms with Crippen molar-refractivity contribution < 1.29 is 1.43 Å². The molecule has 1 nitrogen and oxygen atoms in total. The van der Waals surface area contributed by atoms with Crippen molar-refractivity contribution >= 4 is 5.69 Å². The molecular weight excluding hydrogens is 146 g/mol. The lowest BCUT2D eigenvalue weighted by Crippen LogP contribution is -2.01. The molecule has 1 aromatic rings. The van der Waals surface area contributed by atoms with Gasteiger partial charge >= 0.3 is 0 Å². The molecule has 0 saturated carbocycles. The standard InChI is InChI=1S/C11H17N.H2/c1-4-10-9(3)7-6-8-11(10)12-5-2;/h6-8,12H,4-5H2,1-3H3;1H. The van der Waals surface area contributed by atoms with Gasteiger partial charge in [0.15, 0.2) is 0 Å². The van der Waals surface area contributed by atoms with Crippen LogP contribution in [0.1, 0.15) is 26.4 Å². The van der Waals surface area contributed by atoms with Gasteiger partial charge in [0.1, 0.15) is 0 Å². The molecular formula is C11H19N. The van der Waals surface area contributed by atoms with Crippen LogP contribution in [0.4, 0.5) is 5.69 Å². The average Bonchev–Trinajstić information content (AvgIpc) is 2.05. The van der Waals surface area contributed by atoms with Crippen molar-refractivity contribution in [2.75, 3.05) is 11.9 Å². The van der Waals surface area contributed by atoms with Crippen LogP contribution >= 0.6 is 0 Å². The first-order chi connectivity index (χ1) is 5.79.